The fourth-order valence-electron chi connectivity index (χ4n) is 4.67. The molecule has 0 saturated heterocycles. The zero-order valence-electron chi connectivity index (χ0n) is 14.3. The van der Waals surface area contributed by atoms with Gasteiger partial charge in [-0.05, 0) is 42.1 Å². The summed E-state index contributed by atoms with van der Waals surface area (Å²) in [5.74, 6) is 0.558. The zero-order valence-corrected chi connectivity index (χ0v) is 14.3. The van der Waals surface area contributed by atoms with E-state index in [0.29, 0.717) is 18.0 Å². The van der Waals surface area contributed by atoms with E-state index in [9.17, 15) is 5.11 Å². The Labute approximate surface area is 144 Å². The lowest BCUT2D eigenvalue weighted by atomic mass is 9.76. The minimum Gasteiger partial charge on any atom is -0.395 e. The quantitative estimate of drug-likeness (QED) is 0.870. The molecular formula is C21H26N2O. The molecule has 0 fully saturated rings. The standard InChI is InChI=1S/C21H26N2O/c1-2-23(13-14-24)19-12-11-17-20-16(19)9-6-10-18(20)22-21(17)15-7-4-3-5-8-15/h3-10,17,19,21-22,24H,2,11-14H2,1H3. The monoisotopic (exact) mass is 322 g/mol. The largest absolute Gasteiger partial charge is 0.395 e. The molecule has 0 aromatic heterocycles. The van der Waals surface area contributed by atoms with E-state index in [1.165, 1.54) is 35.2 Å². The van der Waals surface area contributed by atoms with Crippen LogP contribution in [0.5, 0.6) is 0 Å². The highest BCUT2D eigenvalue weighted by Crippen LogP contribution is 2.53. The third kappa shape index (κ3) is 2.52. The van der Waals surface area contributed by atoms with Crippen LogP contribution < -0.4 is 5.32 Å². The zero-order chi connectivity index (χ0) is 16.5. The van der Waals surface area contributed by atoms with E-state index < -0.39 is 0 Å². The lowest BCUT2D eigenvalue weighted by molar-refractivity contribution is 0.141. The molecule has 126 valence electrons. The second kappa shape index (κ2) is 6.58. The van der Waals surface area contributed by atoms with E-state index >= 15 is 0 Å². The average Bonchev–Trinajstić information content (AvgIpc) is 3.02. The summed E-state index contributed by atoms with van der Waals surface area (Å²) in [6.45, 7) is 4.16. The summed E-state index contributed by atoms with van der Waals surface area (Å²) >= 11 is 0. The van der Waals surface area contributed by atoms with Gasteiger partial charge in [0.1, 0.15) is 0 Å². The third-order valence-corrected chi connectivity index (χ3v) is 5.73. The minimum atomic E-state index is 0.230. The number of hydrogen-bond acceptors (Lipinski definition) is 3. The average molecular weight is 322 g/mol. The van der Waals surface area contributed by atoms with Gasteiger partial charge in [-0.25, -0.2) is 0 Å². The van der Waals surface area contributed by atoms with Crippen LogP contribution in [0.2, 0.25) is 0 Å². The summed E-state index contributed by atoms with van der Waals surface area (Å²) in [7, 11) is 0. The molecule has 0 spiro atoms. The summed E-state index contributed by atoms with van der Waals surface area (Å²) in [5, 5.41) is 13.2. The Kier molecular flexibility index (Phi) is 4.30. The predicted octanol–water partition coefficient (Wildman–Crippen LogP) is 4.09. The van der Waals surface area contributed by atoms with Gasteiger partial charge in [0.2, 0.25) is 0 Å². The number of rotatable bonds is 5. The van der Waals surface area contributed by atoms with Crippen molar-refractivity contribution in [1.29, 1.82) is 0 Å². The molecule has 3 atom stereocenters. The van der Waals surface area contributed by atoms with E-state index in [2.05, 4.69) is 65.7 Å². The van der Waals surface area contributed by atoms with E-state index in [1.807, 2.05) is 0 Å². The Morgan fingerprint density at radius 1 is 1.08 bits per heavy atom. The number of aliphatic hydroxyl groups excluding tert-OH is 1. The molecule has 24 heavy (non-hydrogen) atoms. The van der Waals surface area contributed by atoms with Crippen molar-refractivity contribution in [2.75, 3.05) is 25.0 Å². The van der Waals surface area contributed by atoms with Crippen molar-refractivity contribution in [3.8, 4) is 0 Å². The van der Waals surface area contributed by atoms with Gasteiger partial charge < -0.3 is 10.4 Å². The van der Waals surface area contributed by atoms with Gasteiger partial charge in [-0.15, -0.1) is 0 Å². The maximum atomic E-state index is 9.40. The highest BCUT2D eigenvalue weighted by Gasteiger charge is 2.40. The molecule has 3 unspecified atom stereocenters. The van der Waals surface area contributed by atoms with Gasteiger partial charge in [-0.2, -0.15) is 0 Å². The molecule has 1 aliphatic carbocycles. The van der Waals surface area contributed by atoms with Gasteiger partial charge in [-0.3, -0.25) is 4.90 Å². The first kappa shape index (κ1) is 15.7. The van der Waals surface area contributed by atoms with Gasteiger partial charge in [0.15, 0.2) is 0 Å². The van der Waals surface area contributed by atoms with Gasteiger partial charge in [0, 0.05) is 24.2 Å². The molecule has 0 amide bonds. The molecule has 1 heterocycles. The minimum absolute atomic E-state index is 0.230. The van der Waals surface area contributed by atoms with Crippen molar-refractivity contribution in [1.82, 2.24) is 4.90 Å². The van der Waals surface area contributed by atoms with Crippen LogP contribution in [-0.4, -0.2) is 29.7 Å². The number of nitrogens with zero attached hydrogens (tertiary/aromatic N) is 1. The van der Waals surface area contributed by atoms with E-state index in [1.54, 1.807) is 0 Å². The highest BCUT2D eigenvalue weighted by atomic mass is 16.3. The fraction of sp³-hybridized carbons (Fsp3) is 0.429. The smallest absolute Gasteiger partial charge is 0.0583 e. The van der Waals surface area contributed by atoms with Crippen LogP contribution >= 0.6 is 0 Å². The number of likely N-dealkylation sites (N-methyl/N-ethyl adjacent to an activating group) is 1. The maximum absolute atomic E-state index is 9.40. The molecule has 3 nitrogen and oxygen atoms in total. The Balaban J connectivity index is 1.71. The van der Waals surface area contributed by atoms with Crippen LogP contribution in [0, 0.1) is 0 Å². The lowest BCUT2D eigenvalue weighted by Crippen LogP contribution is -2.34. The van der Waals surface area contributed by atoms with E-state index in [4.69, 9.17) is 0 Å². The normalized spacial score (nSPS) is 24.7. The van der Waals surface area contributed by atoms with Crippen LogP contribution in [0.15, 0.2) is 48.5 Å². The third-order valence-electron chi connectivity index (χ3n) is 5.73. The van der Waals surface area contributed by atoms with Gasteiger partial charge in [0.25, 0.3) is 0 Å². The van der Waals surface area contributed by atoms with Crippen LogP contribution in [0.25, 0.3) is 0 Å². The second-order valence-corrected chi connectivity index (χ2v) is 6.89. The lowest BCUT2D eigenvalue weighted by Gasteiger charge is -2.37. The molecule has 2 N–H and O–H groups in total. The summed E-state index contributed by atoms with van der Waals surface area (Å²) in [6.07, 6.45) is 2.36. The van der Waals surface area contributed by atoms with Crippen molar-refractivity contribution in [2.24, 2.45) is 0 Å². The maximum Gasteiger partial charge on any atom is 0.0583 e. The molecule has 2 aliphatic rings. The number of nitrogens with one attached hydrogen (secondary N) is 1. The van der Waals surface area contributed by atoms with Crippen LogP contribution in [-0.2, 0) is 0 Å². The summed E-state index contributed by atoms with van der Waals surface area (Å²) < 4.78 is 0. The topological polar surface area (TPSA) is 35.5 Å². The van der Waals surface area contributed by atoms with Crippen LogP contribution in [0.4, 0.5) is 5.69 Å². The van der Waals surface area contributed by atoms with Crippen LogP contribution in [0.3, 0.4) is 0 Å². The molecule has 1 aliphatic heterocycles. The van der Waals surface area contributed by atoms with Gasteiger partial charge in [-0.1, -0.05) is 49.4 Å². The first-order valence-corrected chi connectivity index (χ1v) is 9.12. The molecule has 4 rings (SSSR count). The van der Waals surface area contributed by atoms with Crippen molar-refractivity contribution in [2.45, 2.75) is 37.8 Å². The van der Waals surface area contributed by atoms with E-state index in [-0.39, 0.29) is 6.61 Å². The van der Waals surface area contributed by atoms with Gasteiger partial charge in [0.05, 0.1) is 12.6 Å². The Hall–Kier alpha value is -1.84. The molecule has 0 saturated carbocycles. The number of aliphatic hydroxyl groups is 1. The highest BCUT2D eigenvalue weighted by molar-refractivity contribution is 5.65. The summed E-state index contributed by atoms with van der Waals surface area (Å²) in [6, 6.07) is 18.3. The number of benzene rings is 2. The molecular weight excluding hydrogens is 296 g/mol. The fourth-order valence-corrected chi connectivity index (χ4v) is 4.67. The number of hydrogen-bond donors (Lipinski definition) is 2. The first-order chi connectivity index (χ1) is 11.8. The second-order valence-electron chi connectivity index (χ2n) is 6.89. The van der Waals surface area contributed by atoms with Crippen molar-refractivity contribution < 1.29 is 5.11 Å². The Morgan fingerprint density at radius 2 is 1.92 bits per heavy atom. The van der Waals surface area contributed by atoms with Crippen molar-refractivity contribution >= 4 is 5.69 Å². The molecule has 2 aromatic rings. The molecule has 0 bridgehead atoms. The number of anilines is 1. The SMILES string of the molecule is CCN(CCO)C1CCC2c3c(cccc31)NC2c1ccccc1. The first-order valence-electron chi connectivity index (χ1n) is 9.12. The van der Waals surface area contributed by atoms with Crippen LogP contribution in [0.1, 0.15) is 54.5 Å². The Morgan fingerprint density at radius 3 is 2.67 bits per heavy atom. The van der Waals surface area contributed by atoms with Crippen molar-refractivity contribution in [3.63, 3.8) is 0 Å². The molecule has 3 heteroatoms. The van der Waals surface area contributed by atoms with Crippen molar-refractivity contribution in [3.05, 3.63) is 65.2 Å². The summed E-state index contributed by atoms with van der Waals surface area (Å²) in [5.41, 5.74) is 5.66. The Bertz CT molecular complexity index is 700. The van der Waals surface area contributed by atoms with Gasteiger partial charge >= 0.3 is 0 Å². The van der Waals surface area contributed by atoms with E-state index in [0.717, 1.165) is 13.1 Å². The molecule has 0 radical (unpaired) electrons. The molecule has 2 aromatic carbocycles. The summed E-state index contributed by atoms with van der Waals surface area (Å²) in [4.78, 5) is 2.42. The predicted molar refractivity (Wildman–Crippen MR) is 98.3 cm³/mol.